The van der Waals surface area contributed by atoms with Crippen LogP contribution in [-0.4, -0.2) is 5.91 Å². The molecule has 0 aliphatic carbocycles. The molecule has 0 saturated carbocycles. The number of carbonyl (C=O) groups excluding carboxylic acids is 1. The number of benzene rings is 2. The molecule has 0 spiro atoms. The fourth-order valence-corrected chi connectivity index (χ4v) is 2.36. The zero-order chi connectivity index (χ0) is 13.1. The van der Waals surface area contributed by atoms with Gasteiger partial charge in [-0.05, 0) is 52.9 Å². The quantitative estimate of drug-likeness (QED) is 0.576. The molecule has 2 rings (SSSR count). The Morgan fingerprint density at radius 3 is 2.67 bits per heavy atom. The molecular weight excluding hydrogens is 407 g/mol. The van der Waals surface area contributed by atoms with Crippen LogP contribution in [0, 0.1) is 3.57 Å². The predicted molar refractivity (Wildman–Crippen MR) is 85.7 cm³/mol. The standard InChI is InChI=1S/C13H10BrIN2O/c14-8-5-6-11(16)9(7-8)13(18)17-12-4-2-1-3-10(12)15/h1-7H,16H2,(H,17,18). The first-order valence-corrected chi connectivity index (χ1v) is 7.06. The molecule has 3 nitrogen and oxygen atoms in total. The number of nitrogens with two attached hydrogens (primary N) is 1. The summed E-state index contributed by atoms with van der Waals surface area (Å²) in [5, 5.41) is 2.85. The molecule has 0 aromatic heterocycles. The fraction of sp³-hybridized carbons (Fsp3) is 0. The molecular formula is C13H10BrIN2O. The number of para-hydroxylation sites is 1. The van der Waals surface area contributed by atoms with E-state index in [1.165, 1.54) is 0 Å². The molecule has 5 heteroatoms. The minimum Gasteiger partial charge on any atom is -0.398 e. The first kappa shape index (κ1) is 13.4. The topological polar surface area (TPSA) is 55.1 Å². The van der Waals surface area contributed by atoms with Gasteiger partial charge in [0.15, 0.2) is 0 Å². The number of halogens is 2. The van der Waals surface area contributed by atoms with Crippen LogP contribution in [0.4, 0.5) is 11.4 Å². The van der Waals surface area contributed by atoms with Crippen LogP contribution in [0.3, 0.4) is 0 Å². The van der Waals surface area contributed by atoms with Crippen LogP contribution >= 0.6 is 38.5 Å². The number of hydrogen-bond acceptors (Lipinski definition) is 2. The first-order valence-electron chi connectivity index (χ1n) is 5.19. The number of nitrogens with one attached hydrogen (secondary N) is 1. The molecule has 0 heterocycles. The molecule has 18 heavy (non-hydrogen) atoms. The normalized spacial score (nSPS) is 10.1. The van der Waals surface area contributed by atoms with E-state index >= 15 is 0 Å². The van der Waals surface area contributed by atoms with Gasteiger partial charge < -0.3 is 11.1 Å². The van der Waals surface area contributed by atoms with Gasteiger partial charge in [0.2, 0.25) is 0 Å². The lowest BCUT2D eigenvalue weighted by Crippen LogP contribution is -2.14. The molecule has 0 bridgehead atoms. The molecule has 0 fully saturated rings. The minimum absolute atomic E-state index is 0.210. The largest absolute Gasteiger partial charge is 0.398 e. The maximum atomic E-state index is 12.1. The maximum absolute atomic E-state index is 12.1. The Hall–Kier alpha value is -1.08. The van der Waals surface area contributed by atoms with E-state index in [0.29, 0.717) is 11.3 Å². The van der Waals surface area contributed by atoms with Crippen molar-refractivity contribution < 1.29 is 4.79 Å². The number of anilines is 2. The van der Waals surface area contributed by atoms with Crippen molar-refractivity contribution in [3.63, 3.8) is 0 Å². The van der Waals surface area contributed by atoms with Gasteiger partial charge in [-0.3, -0.25) is 4.79 Å². The van der Waals surface area contributed by atoms with Gasteiger partial charge in [-0.1, -0.05) is 28.1 Å². The Bertz CT molecular complexity index is 601. The van der Waals surface area contributed by atoms with Crippen molar-refractivity contribution in [2.75, 3.05) is 11.1 Å². The van der Waals surface area contributed by atoms with Gasteiger partial charge in [-0.25, -0.2) is 0 Å². The minimum atomic E-state index is -0.210. The summed E-state index contributed by atoms with van der Waals surface area (Å²) in [6.07, 6.45) is 0. The molecule has 1 amide bonds. The van der Waals surface area contributed by atoms with Crippen LogP contribution in [0.2, 0.25) is 0 Å². The van der Waals surface area contributed by atoms with Crippen LogP contribution in [0.25, 0.3) is 0 Å². The van der Waals surface area contributed by atoms with Crippen molar-refractivity contribution in [1.82, 2.24) is 0 Å². The predicted octanol–water partition coefficient (Wildman–Crippen LogP) is 3.89. The molecule has 0 aliphatic rings. The fourth-order valence-electron chi connectivity index (χ4n) is 1.48. The summed E-state index contributed by atoms with van der Waals surface area (Å²) in [4.78, 5) is 12.1. The molecule has 2 aromatic carbocycles. The van der Waals surface area contributed by atoms with Crippen molar-refractivity contribution in [3.05, 3.63) is 56.1 Å². The van der Waals surface area contributed by atoms with E-state index in [1.54, 1.807) is 18.2 Å². The Kier molecular flexibility index (Phi) is 4.23. The summed E-state index contributed by atoms with van der Waals surface area (Å²) >= 11 is 5.50. The van der Waals surface area contributed by atoms with E-state index in [9.17, 15) is 4.79 Å². The number of rotatable bonds is 2. The second kappa shape index (κ2) is 5.71. The summed E-state index contributed by atoms with van der Waals surface area (Å²) in [6.45, 7) is 0. The summed E-state index contributed by atoms with van der Waals surface area (Å²) in [5.41, 5.74) is 7.50. The van der Waals surface area contributed by atoms with Gasteiger partial charge in [0.25, 0.3) is 5.91 Å². The molecule has 2 aromatic rings. The summed E-state index contributed by atoms with van der Waals surface area (Å²) in [6, 6.07) is 12.8. The Labute approximate surface area is 127 Å². The first-order chi connectivity index (χ1) is 8.58. The highest BCUT2D eigenvalue weighted by Crippen LogP contribution is 2.22. The molecule has 92 valence electrons. The second-order valence-electron chi connectivity index (χ2n) is 3.67. The van der Waals surface area contributed by atoms with Crippen molar-refractivity contribution in [2.45, 2.75) is 0 Å². The summed E-state index contributed by atoms with van der Waals surface area (Å²) in [5.74, 6) is -0.210. The number of carbonyl (C=O) groups is 1. The van der Waals surface area contributed by atoms with E-state index in [0.717, 1.165) is 13.7 Å². The van der Waals surface area contributed by atoms with Crippen molar-refractivity contribution in [2.24, 2.45) is 0 Å². The number of amides is 1. The van der Waals surface area contributed by atoms with Gasteiger partial charge in [0.1, 0.15) is 0 Å². The van der Waals surface area contributed by atoms with Crippen LogP contribution in [-0.2, 0) is 0 Å². The lowest BCUT2D eigenvalue weighted by Gasteiger charge is -2.09. The number of hydrogen-bond donors (Lipinski definition) is 2. The molecule has 0 radical (unpaired) electrons. The Morgan fingerprint density at radius 2 is 1.94 bits per heavy atom. The van der Waals surface area contributed by atoms with E-state index < -0.39 is 0 Å². The van der Waals surface area contributed by atoms with Crippen LogP contribution < -0.4 is 11.1 Å². The van der Waals surface area contributed by atoms with Gasteiger partial charge in [0, 0.05) is 13.7 Å². The van der Waals surface area contributed by atoms with E-state index in [4.69, 9.17) is 5.73 Å². The zero-order valence-electron chi connectivity index (χ0n) is 9.28. The van der Waals surface area contributed by atoms with Gasteiger partial charge >= 0.3 is 0 Å². The van der Waals surface area contributed by atoms with Gasteiger partial charge in [-0.2, -0.15) is 0 Å². The molecule has 0 atom stereocenters. The third-order valence-corrected chi connectivity index (χ3v) is 3.82. The Morgan fingerprint density at radius 1 is 1.22 bits per heavy atom. The highest BCUT2D eigenvalue weighted by atomic mass is 127. The third kappa shape index (κ3) is 3.02. The molecule has 0 aliphatic heterocycles. The lowest BCUT2D eigenvalue weighted by molar-refractivity contribution is 0.102. The van der Waals surface area contributed by atoms with E-state index in [1.807, 2.05) is 24.3 Å². The average Bonchev–Trinajstić information content (AvgIpc) is 2.35. The van der Waals surface area contributed by atoms with Crippen LogP contribution in [0.5, 0.6) is 0 Å². The van der Waals surface area contributed by atoms with E-state index in [-0.39, 0.29) is 5.91 Å². The van der Waals surface area contributed by atoms with E-state index in [2.05, 4.69) is 43.8 Å². The smallest absolute Gasteiger partial charge is 0.257 e. The van der Waals surface area contributed by atoms with Crippen LogP contribution in [0.15, 0.2) is 46.9 Å². The molecule has 0 unspecified atom stereocenters. The highest BCUT2D eigenvalue weighted by Gasteiger charge is 2.11. The zero-order valence-corrected chi connectivity index (χ0v) is 13.0. The average molecular weight is 417 g/mol. The maximum Gasteiger partial charge on any atom is 0.257 e. The molecule has 3 N–H and O–H groups in total. The van der Waals surface area contributed by atoms with Gasteiger partial charge in [0.05, 0.1) is 11.3 Å². The van der Waals surface area contributed by atoms with Crippen molar-refractivity contribution in [1.29, 1.82) is 0 Å². The lowest BCUT2D eigenvalue weighted by atomic mass is 10.1. The molecule has 0 saturated heterocycles. The van der Waals surface area contributed by atoms with Crippen molar-refractivity contribution in [3.8, 4) is 0 Å². The summed E-state index contributed by atoms with van der Waals surface area (Å²) in [7, 11) is 0. The Balaban J connectivity index is 2.28. The number of nitrogen functional groups attached to an aromatic ring is 1. The summed E-state index contributed by atoms with van der Waals surface area (Å²) < 4.78 is 1.81. The second-order valence-corrected chi connectivity index (χ2v) is 5.74. The SMILES string of the molecule is Nc1ccc(Br)cc1C(=O)Nc1ccccc1I. The van der Waals surface area contributed by atoms with Gasteiger partial charge in [-0.15, -0.1) is 0 Å². The highest BCUT2D eigenvalue weighted by molar-refractivity contribution is 14.1. The third-order valence-electron chi connectivity index (χ3n) is 2.38. The monoisotopic (exact) mass is 416 g/mol. The van der Waals surface area contributed by atoms with Crippen LogP contribution in [0.1, 0.15) is 10.4 Å². The van der Waals surface area contributed by atoms with Crippen molar-refractivity contribution >= 4 is 55.8 Å².